The zero-order valence-corrected chi connectivity index (χ0v) is 16.0. The normalized spacial score (nSPS) is 31.5. The van der Waals surface area contributed by atoms with Crippen molar-refractivity contribution in [2.24, 2.45) is 5.92 Å². The van der Waals surface area contributed by atoms with Crippen molar-refractivity contribution < 1.29 is 22.7 Å². The van der Waals surface area contributed by atoms with Crippen LogP contribution in [0.4, 0.5) is 0 Å². The lowest BCUT2D eigenvalue weighted by Crippen LogP contribution is -2.51. The molecule has 1 aromatic rings. The number of sulfonamides is 1. The first-order valence-corrected chi connectivity index (χ1v) is 10.4. The van der Waals surface area contributed by atoms with E-state index >= 15 is 0 Å². The number of carbonyl (C=O) groups is 1. The third-order valence-electron chi connectivity index (χ3n) is 5.87. The summed E-state index contributed by atoms with van der Waals surface area (Å²) in [6.07, 6.45) is 0.695. The first kappa shape index (κ1) is 17.8. The fourth-order valence-electron chi connectivity index (χ4n) is 4.50. The molecule has 3 aliphatic heterocycles. The van der Waals surface area contributed by atoms with Gasteiger partial charge in [0.1, 0.15) is 5.75 Å². The fraction of sp³-hybridized carbons (Fsp3) is 0.611. The van der Waals surface area contributed by atoms with Crippen molar-refractivity contribution in [3.05, 3.63) is 24.3 Å². The van der Waals surface area contributed by atoms with Gasteiger partial charge in [0.25, 0.3) is 0 Å². The van der Waals surface area contributed by atoms with E-state index in [2.05, 4.69) is 13.8 Å². The van der Waals surface area contributed by atoms with Crippen molar-refractivity contribution in [2.45, 2.75) is 49.4 Å². The van der Waals surface area contributed by atoms with E-state index < -0.39 is 21.8 Å². The van der Waals surface area contributed by atoms with Crippen molar-refractivity contribution >= 4 is 15.9 Å². The molecule has 3 fully saturated rings. The van der Waals surface area contributed by atoms with Gasteiger partial charge in [0.15, 0.2) is 5.72 Å². The Bertz CT molecular complexity index is 822. The van der Waals surface area contributed by atoms with E-state index in [9.17, 15) is 13.2 Å². The van der Waals surface area contributed by atoms with E-state index in [-0.39, 0.29) is 29.2 Å². The Morgan fingerprint density at radius 3 is 2.58 bits per heavy atom. The second-order valence-electron chi connectivity index (χ2n) is 7.49. The topological polar surface area (TPSA) is 76.2 Å². The molecule has 1 aromatic carbocycles. The zero-order valence-electron chi connectivity index (χ0n) is 15.2. The summed E-state index contributed by atoms with van der Waals surface area (Å²) < 4.78 is 39.0. The maximum atomic E-state index is 13.2. The molecule has 3 atom stereocenters. The number of carbonyl (C=O) groups excluding carboxylic acids is 1. The lowest BCUT2D eigenvalue weighted by molar-refractivity contribution is -0.139. The highest BCUT2D eigenvalue weighted by Crippen LogP contribution is 2.50. The molecule has 4 rings (SSSR count). The largest absolute Gasteiger partial charge is 0.497 e. The predicted molar refractivity (Wildman–Crippen MR) is 94.1 cm³/mol. The van der Waals surface area contributed by atoms with Crippen LogP contribution in [-0.4, -0.2) is 61.6 Å². The first-order chi connectivity index (χ1) is 12.3. The van der Waals surface area contributed by atoms with Gasteiger partial charge in [-0.2, -0.15) is 4.31 Å². The van der Waals surface area contributed by atoms with Crippen LogP contribution in [0.15, 0.2) is 29.2 Å². The highest BCUT2D eigenvalue weighted by atomic mass is 32.2. The van der Waals surface area contributed by atoms with Gasteiger partial charge in [-0.25, -0.2) is 8.42 Å². The Morgan fingerprint density at radius 2 is 1.96 bits per heavy atom. The van der Waals surface area contributed by atoms with Crippen molar-refractivity contribution in [3.8, 4) is 5.75 Å². The Morgan fingerprint density at radius 1 is 1.27 bits per heavy atom. The van der Waals surface area contributed by atoms with Crippen LogP contribution < -0.4 is 4.74 Å². The maximum Gasteiger partial charge on any atom is 0.243 e. The molecule has 26 heavy (non-hydrogen) atoms. The lowest BCUT2D eigenvalue weighted by atomic mass is 10.0. The highest BCUT2D eigenvalue weighted by molar-refractivity contribution is 7.89. The number of nitrogens with zero attached hydrogens (tertiary/aromatic N) is 2. The minimum absolute atomic E-state index is 0.0103. The molecule has 3 heterocycles. The van der Waals surface area contributed by atoms with E-state index in [0.717, 1.165) is 0 Å². The molecular formula is C18H24N2O5S. The second kappa shape index (κ2) is 5.94. The molecule has 1 spiro atoms. The van der Waals surface area contributed by atoms with Crippen LogP contribution in [0.25, 0.3) is 0 Å². The van der Waals surface area contributed by atoms with Crippen molar-refractivity contribution in [1.82, 2.24) is 9.21 Å². The smallest absolute Gasteiger partial charge is 0.243 e. The van der Waals surface area contributed by atoms with Crippen LogP contribution in [0.3, 0.4) is 0 Å². The molecule has 0 bridgehead atoms. The van der Waals surface area contributed by atoms with Gasteiger partial charge in [-0.15, -0.1) is 0 Å². The van der Waals surface area contributed by atoms with Crippen LogP contribution in [-0.2, 0) is 19.6 Å². The SMILES string of the molecule is COc1ccc(S(=O)(=O)N2CC[C@@]34OC[C@@H](C(C)C)N3C(=O)C[C@@H]24)cc1. The zero-order chi connectivity index (χ0) is 18.7. The quantitative estimate of drug-likeness (QED) is 0.790. The van der Waals surface area contributed by atoms with Gasteiger partial charge in [0.05, 0.1) is 30.7 Å². The lowest BCUT2D eigenvalue weighted by Gasteiger charge is -2.34. The Kier molecular flexibility index (Phi) is 4.05. The van der Waals surface area contributed by atoms with Crippen LogP contribution >= 0.6 is 0 Å². The van der Waals surface area contributed by atoms with Crippen LogP contribution in [0, 0.1) is 5.92 Å². The molecule has 7 nitrogen and oxygen atoms in total. The Balaban J connectivity index is 1.67. The van der Waals surface area contributed by atoms with Gasteiger partial charge in [0.2, 0.25) is 15.9 Å². The van der Waals surface area contributed by atoms with Gasteiger partial charge >= 0.3 is 0 Å². The minimum Gasteiger partial charge on any atom is -0.497 e. The van der Waals surface area contributed by atoms with E-state index in [1.807, 2.05) is 4.90 Å². The van der Waals surface area contributed by atoms with Gasteiger partial charge in [0, 0.05) is 19.4 Å². The number of hydrogen-bond acceptors (Lipinski definition) is 5. The molecule has 0 aliphatic carbocycles. The number of ether oxygens (including phenoxy) is 2. The van der Waals surface area contributed by atoms with Crippen LogP contribution in [0.1, 0.15) is 26.7 Å². The maximum absolute atomic E-state index is 13.2. The van der Waals surface area contributed by atoms with Crippen molar-refractivity contribution in [3.63, 3.8) is 0 Å². The van der Waals surface area contributed by atoms with E-state index in [4.69, 9.17) is 9.47 Å². The monoisotopic (exact) mass is 380 g/mol. The summed E-state index contributed by atoms with van der Waals surface area (Å²) in [5, 5.41) is 0. The van der Waals surface area contributed by atoms with Gasteiger partial charge in [-0.05, 0) is 30.2 Å². The second-order valence-corrected chi connectivity index (χ2v) is 9.38. The molecule has 0 unspecified atom stereocenters. The Hall–Kier alpha value is -1.64. The summed E-state index contributed by atoms with van der Waals surface area (Å²) in [5.74, 6) is 0.855. The van der Waals surface area contributed by atoms with Gasteiger partial charge in [-0.3, -0.25) is 4.79 Å². The summed E-state index contributed by atoms with van der Waals surface area (Å²) in [6.45, 7) is 4.95. The third kappa shape index (κ3) is 2.32. The molecule has 142 valence electrons. The van der Waals surface area contributed by atoms with Gasteiger partial charge in [-0.1, -0.05) is 13.8 Å². The average Bonchev–Trinajstić information content (AvgIpc) is 3.24. The van der Waals surface area contributed by atoms with Crippen molar-refractivity contribution in [1.29, 1.82) is 0 Å². The van der Waals surface area contributed by atoms with E-state index in [1.165, 1.54) is 11.4 Å². The summed E-state index contributed by atoms with van der Waals surface area (Å²) in [6, 6.07) is 5.89. The molecule has 1 amide bonds. The Labute approximate surface area is 153 Å². The molecule has 3 aliphatic rings. The predicted octanol–water partition coefficient (Wildman–Crippen LogP) is 1.44. The minimum atomic E-state index is -3.70. The molecule has 0 radical (unpaired) electrons. The molecule has 0 N–H and O–H groups in total. The number of benzene rings is 1. The number of methoxy groups -OCH3 is 1. The number of amides is 1. The molecule has 8 heteroatoms. The molecule has 3 saturated heterocycles. The molecule has 0 saturated carbocycles. The van der Waals surface area contributed by atoms with Gasteiger partial charge < -0.3 is 14.4 Å². The van der Waals surface area contributed by atoms with E-state index in [1.54, 1.807) is 24.3 Å². The third-order valence-corrected chi connectivity index (χ3v) is 7.80. The van der Waals surface area contributed by atoms with Crippen LogP contribution in [0.5, 0.6) is 5.75 Å². The summed E-state index contributed by atoms with van der Waals surface area (Å²) >= 11 is 0. The average molecular weight is 380 g/mol. The molecule has 0 aromatic heterocycles. The fourth-order valence-corrected chi connectivity index (χ4v) is 6.16. The van der Waals surface area contributed by atoms with Crippen LogP contribution in [0.2, 0.25) is 0 Å². The molecular weight excluding hydrogens is 356 g/mol. The van der Waals surface area contributed by atoms with E-state index in [0.29, 0.717) is 25.3 Å². The summed E-state index contributed by atoms with van der Waals surface area (Å²) in [4.78, 5) is 14.7. The first-order valence-electron chi connectivity index (χ1n) is 8.93. The number of rotatable bonds is 4. The van der Waals surface area contributed by atoms with Crippen molar-refractivity contribution in [2.75, 3.05) is 20.3 Å². The standard InChI is InChI=1S/C18H24N2O5S/c1-12(2)15-11-25-18-8-9-19(16(18)10-17(21)20(15)18)26(22,23)14-6-4-13(24-3)5-7-14/h4-7,12,15-16H,8-11H2,1-3H3/t15-,16+,18-/m0/s1. The number of hydrogen-bond donors (Lipinski definition) is 0. The summed E-state index contributed by atoms with van der Waals surface area (Å²) in [5.41, 5.74) is -0.800. The summed E-state index contributed by atoms with van der Waals surface area (Å²) in [7, 11) is -2.17. The highest BCUT2D eigenvalue weighted by Gasteiger charge is 2.66.